The molecule has 0 radical (unpaired) electrons. The molecule has 1 fully saturated rings. The van der Waals surface area contributed by atoms with E-state index in [9.17, 15) is 13.2 Å². The van der Waals surface area contributed by atoms with Crippen LogP contribution < -0.4 is 10.1 Å². The normalized spacial score (nSPS) is 15.2. The van der Waals surface area contributed by atoms with Crippen molar-refractivity contribution >= 4 is 21.6 Å². The monoisotopic (exact) mass is 402 g/mol. The Bertz CT molecular complexity index is 951. The summed E-state index contributed by atoms with van der Waals surface area (Å²) in [4.78, 5) is 12.7. The number of piperidine rings is 1. The van der Waals surface area contributed by atoms with E-state index in [1.165, 1.54) is 10.4 Å². The van der Waals surface area contributed by atoms with Gasteiger partial charge in [-0.05, 0) is 56.5 Å². The molecule has 28 heavy (non-hydrogen) atoms. The summed E-state index contributed by atoms with van der Waals surface area (Å²) >= 11 is 0. The molecule has 150 valence electrons. The first-order chi connectivity index (χ1) is 13.4. The molecular weight excluding hydrogens is 376 g/mol. The summed E-state index contributed by atoms with van der Waals surface area (Å²) in [7, 11) is -3.69. The van der Waals surface area contributed by atoms with Crippen LogP contribution in [0.3, 0.4) is 0 Å². The number of carbonyl (C=O) groups is 1. The van der Waals surface area contributed by atoms with Crippen LogP contribution in [0.2, 0.25) is 0 Å². The van der Waals surface area contributed by atoms with E-state index < -0.39 is 10.0 Å². The molecule has 6 nitrogen and oxygen atoms in total. The topological polar surface area (TPSA) is 75.7 Å². The van der Waals surface area contributed by atoms with Gasteiger partial charge in [-0.25, -0.2) is 8.42 Å². The molecule has 1 N–H and O–H groups in total. The highest BCUT2D eigenvalue weighted by molar-refractivity contribution is 7.89. The zero-order valence-corrected chi connectivity index (χ0v) is 17.1. The lowest BCUT2D eigenvalue weighted by atomic mass is 10.1. The molecule has 2 aromatic rings. The molecule has 1 heterocycles. The second-order valence-corrected chi connectivity index (χ2v) is 8.73. The first-order valence-electron chi connectivity index (χ1n) is 9.57. The number of anilines is 1. The number of sulfonamides is 1. The lowest BCUT2D eigenvalue weighted by Crippen LogP contribution is -2.35. The van der Waals surface area contributed by atoms with Crippen LogP contribution in [0.4, 0.5) is 5.69 Å². The lowest BCUT2D eigenvalue weighted by Gasteiger charge is -2.27. The van der Waals surface area contributed by atoms with E-state index >= 15 is 0 Å². The fourth-order valence-electron chi connectivity index (χ4n) is 3.33. The summed E-state index contributed by atoms with van der Waals surface area (Å²) in [6, 6.07) is 12.0. The van der Waals surface area contributed by atoms with Crippen molar-refractivity contribution in [1.82, 2.24) is 4.31 Å². The third-order valence-electron chi connectivity index (χ3n) is 4.82. The number of hydrogen-bond donors (Lipinski definition) is 1. The van der Waals surface area contributed by atoms with Gasteiger partial charge in [0.05, 0.1) is 6.61 Å². The Morgan fingerprint density at radius 1 is 1.11 bits per heavy atom. The minimum atomic E-state index is -3.69. The molecule has 1 aliphatic heterocycles. The van der Waals surface area contributed by atoms with Gasteiger partial charge in [0.15, 0.2) is 0 Å². The van der Waals surface area contributed by atoms with Crippen LogP contribution in [0, 0.1) is 6.92 Å². The number of amides is 1. The highest BCUT2D eigenvalue weighted by Crippen LogP contribution is 2.31. The quantitative estimate of drug-likeness (QED) is 0.797. The van der Waals surface area contributed by atoms with Crippen molar-refractivity contribution in [3.05, 3.63) is 53.6 Å². The first kappa shape index (κ1) is 20.4. The molecule has 0 bridgehead atoms. The number of hydrogen-bond acceptors (Lipinski definition) is 4. The average Bonchev–Trinajstić information content (AvgIpc) is 2.70. The summed E-state index contributed by atoms with van der Waals surface area (Å²) in [5, 5.41) is 2.81. The van der Waals surface area contributed by atoms with Crippen LogP contribution in [0.5, 0.6) is 5.75 Å². The Balaban J connectivity index is 1.93. The van der Waals surface area contributed by atoms with Crippen molar-refractivity contribution in [2.75, 3.05) is 25.0 Å². The maximum absolute atomic E-state index is 13.2. The smallest absolute Gasteiger partial charge is 0.255 e. The van der Waals surface area contributed by atoms with Crippen LogP contribution in [-0.2, 0) is 10.0 Å². The van der Waals surface area contributed by atoms with Crippen molar-refractivity contribution in [2.45, 2.75) is 38.0 Å². The molecular formula is C21H26N2O4S. The third-order valence-corrected chi connectivity index (χ3v) is 6.74. The Hall–Kier alpha value is -2.38. The second kappa shape index (κ2) is 8.75. The predicted molar refractivity (Wildman–Crippen MR) is 109 cm³/mol. The molecule has 1 amide bonds. The summed E-state index contributed by atoms with van der Waals surface area (Å²) in [5.41, 5.74) is 1.83. The Kier molecular flexibility index (Phi) is 6.36. The average molecular weight is 403 g/mol. The van der Waals surface area contributed by atoms with Gasteiger partial charge in [-0.1, -0.05) is 24.6 Å². The van der Waals surface area contributed by atoms with Gasteiger partial charge < -0.3 is 10.1 Å². The third kappa shape index (κ3) is 4.36. The standard InChI is InChI=1S/C21H26N2O4S/c1-3-27-19-12-11-17(22-21(24)18-10-6-5-9-16(18)2)15-20(19)28(25,26)23-13-7-4-8-14-23/h5-6,9-12,15H,3-4,7-8,13-14H2,1-2H3,(H,22,24). The van der Waals surface area contributed by atoms with E-state index in [1.807, 2.05) is 26.0 Å². The molecule has 0 saturated carbocycles. The molecule has 0 unspecified atom stereocenters. The molecule has 2 aromatic carbocycles. The number of nitrogens with one attached hydrogen (secondary N) is 1. The molecule has 1 aliphatic rings. The minimum Gasteiger partial charge on any atom is -0.492 e. The van der Waals surface area contributed by atoms with Gasteiger partial charge in [0, 0.05) is 24.3 Å². The molecule has 1 saturated heterocycles. The van der Waals surface area contributed by atoms with Gasteiger partial charge in [-0.3, -0.25) is 4.79 Å². The maximum atomic E-state index is 13.2. The summed E-state index contributed by atoms with van der Waals surface area (Å²) in [6.07, 6.45) is 2.75. The van der Waals surface area contributed by atoms with Gasteiger partial charge >= 0.3 is 0 Å². The van der Waals surface area contributed by atoms with E-state index in [1.54, 1.807) is 24.3 Å². The number of carbonyl (C=O) groups excluding carboxylic acids is 1. The van der Waals surface area contributed by atoms with E-state index in [0.29, 0.717) is 36.7 Å². The van der Waals surface area contributed by atoms with E-state index in [2.05, 4.69) is 5.32 Å². The summed E-state index contributed by atoms with van der Waals surface area (Å²) in [5.74, 6) is 0.0329. The second-order valence-electron chi connectivity index (χ2n) is 6.83. The highest BCUT2D eigenvalue weighted by atomic mass is 32.2. The van der Waals surface area contributed by atoms with Crippen LogP contribution in [0.1, 0.15) is 42.1 Å². The first-order valence-corrected chi connectivity index (χ1v) is 11.0. The zero-order valence-electron chi connectivity index (χ0n) is 16.3. The van der Waals surface area contributed by atoms with Gasteiger partial charge in [0.1, 0.15) is 10.6 Å². The van der Waals surface area contributed by atoms with E-state index in [4.69, 9.17) is 4.74 Å². The van der Waals surface area contributed by atoms with Crippen molar-refractivity contribution in [2.24, 2.45) is 0 Å². The van der Waals surface area contributed by atoms with Gasteiger partial charge in [0.25, 0.3) is 5.91 Å². The van der Waals surface area contributed by atoms with Crippen LogP contribution in [-0.4, -0.2) is 38.3 Å². The number of rotatable bonds is 6. The predicted octanol–water partition coefficient (Wildman–Crippen LogP) is 3.82. The fourth-order valence-corrected chi connectivity index (χ4v) is 5.01. The van der Waals surface area contributed by atoms with Crippen LogP contribution in [0.15, 0.2) is 47.4 Å². The lowest BCUT2D eigenvalue weighted by molar-refractivity contribution is 0.102. The van der Waals surface area contributed by atoms with Crippen molar-refractivity contribution in [3.63, 3.8) is 0 Å². The SMILES string of the molecule is CCOc1ccc(NC(=O)c2ccccc2C)cc1S(=O)(=O)N1CCCCC1. The van der Waals surface area contributed by atoms with Crippen molar-refractivity contribution in [3.8, 4) is 5.75 Å². The van der Waals surface area contributed by atoms with Crippen LogP contribution >= 0.6 is 0 Å². The molecule has 3 rings (SSSR count). The summed E-state index contributed by atoms with van der Waals surface area (Å²) < 4.78 is 33.4. The maximum Gasteiger partial charge on any atom is 0.255 e. The number of ether oxygens (including phenoxy) is 1. The summed E-state index contributed by atoms with van der Waals surface area (Å²) in [6.45, 7) is 5.04. The molecule has 0 spiro atoms. The van der Waals surface area contributed by atoms with Gasteiger partial charge in [0.2, 0.25) is 10.0 Å². The Morgan fingerprint density at radius 2 is 1.82 bits per heavy atom. The molecule has 0 atom stereocenters. The highest BCUT2D eigenvalue weighted by Gasteiger charge is 2.29. The number of aryl methyl sites for hydroxylation is 1. The fraction of sp³-hybridized carbons (Fsp3) is 0.381. The Labute approximate surface area is 166 Å². The largest absolute Gasteiger partial charge is 0.492 e. The van der Waals surface area contributed by atoms with Crippen molar-refractivity contribution < 1.29 is 17.9 Å². The minimum absolute atomic E-state index is 0.0961. The van der Waals surface area contributed by atoms with Crippen LogP contribution in [0.25, 0.3) is 0 Å². The molecule has 0 aromatic heterocycles. The Morgan fingerprint density at radius 3 is 2.50 bits per heavy atom. The van der Waals surface area contributed by atoms with E-state index in [-0.39, 0.29) is 10.8 Å². The van der Waals surface area contributed by atoms with Gasteiger partial charge in [-0.15, -0.1) is 0 Å². The van der Waals surface area contributed by atoms with Crippen molar-refractivity contribution in [1.29, 1.82) is 0 Å². The number of benzene rings is 2. The van der Waals surface area contributed by atoms with Gasteiger partial charge in [-0.2, -0.15) is 4.31 Å². The van der Waals surface area contributed by atoms with E-state index in [0.717, 1.165) is 24.8 Å². The zero-order chi connectivity index (χ0) is 20.1. The number of nitrogens with zero attached hydrogens (tertiary/aromatic N) is 1. The molecule has 7 heteroatoms. The molecule has 0 aliphatic carbocycles.